The normalized spacial score (nSPS) is 8.60. The van der Waals surface area contributed by atoms with E-state index in [0.717, 1.165) is 0 Å². The van der Waals surface area contributed by atoms with Gasteiger partial charge in [-0.15, -0.1) is 0 Å². The first-order valence-electron chi connectivity index (χ1n) is 1.17. The first-order valence-corrected chi connectivity index (χ1v) is 9.42. The van der Waals surface area contributed by atoms with Crippen LogP contribution in [0.15, 0.2) is 0 Å². The van der Waals surface area contributed by atoms with Gasteiger partial charge >= 0.3 is 103 Å². The monoisotopic (exact) mass is 494 g/mol. The van der Waals surface area contributed by atoms with E-state index in [1.54, 1.807) is 17.0 Å². The SMILES string of the molecule is O=S(=O)([O-])[O-].[Ba+2].[Mo][S][S][Mo]. The minimum atomic E-state index is -5.17. The Morgan fingerprint density at radius 3 is 1.20 bits per heavy atom. The molecule has 0 saturated carbocycles. The molecule has 0 saturated heterocycles. The third-order valence-corrected chi connectivity index (χ3v) is 8.75. The van der Waals surface area contributed by atoms with Crippen LogP contribution in [0.2, 0.25) is 0 Å². The van der Waals surface area contributed by atoms with Crippen molar-refractivity contribution in [2.75, 3.05) is 0 Å². The van der Waals surface area contributed by atoms with Crippen molar-refractivity contribution in [3.63, 3.8) is 0 Å². The number of hydrogen-bond acceptors (Lipinski definition) is 6. The molecule has 0 radical (unpaired) electrons. The van der Waals surface area contributed by atoms with Crippen molar-refractivity contribution in [3.05, 3.63) is 0 Å². The molecule has 0 heterocycles. The molecular formula is BaMo2O4S3. The van der Waals surface area contributed by atoms with Gasteiger partial charge in [-0.05, 0) is 0 Å². The molecule has 0 bridgehead atoms. The van der Waals surface area contributed by atoms with Crippen LogP contribution in [0.25, 0.3) is 0 Å². The molecule has 0 spiro atoms. The molecule has 0 aliphatic carbocycles. The van der Waals surface area contributed by atoms with Gasteiger partial charge in [0.2, 0.25) is 0 Å². The third kappa shape index (κ3) is 62.4. The molecule has 0 atom stereocenters. The summed E-state index contributed by atoms with van der Waals surface area (Å²) in [5.74, 6) is 0. The van der Waals surface area contributed by atoms with E-state index < -0.39 is 10.4 Å². The zero-order valence-electron chi connectivity index (χ0n) is 4.38. The fraction of sp³-hybridized carbons (Fsp3) is 0. The summed E-state index contributed by atoms with van der Waals surface area (Å²) in [5, 5.41) is 0. The average molecular weight is 489 g/mol. The first-order chi connectivity index (χ1) is 3.91. The Hall–Kier alpha value is 3.52. The van der Waals surface area contributed by atoms with Crippen LogP contribution in [-0.2, 0) is 47.5 Å². The summed E-state index contributed by atoms with van der Waals surface area (Å²) in [6.07, 6.45) is 0. The molecule has 0 aromatic heterocycles. The van der Waals surface area contributed by atoms with E-state index in [4.69, 9.17) is 17.5 Å². The standard InChI is InChI=1S/Ba.2Mo.H2O4S.S2/c;;;1-5(2,3)4;1-2/h;;;(H2,1,2,3,4);/q+2;2*+1;;-2/p-2. The summed E-state index contributed by atoms with van der Waals surface area (Å²) >= 11 is 4.01. The fourth-order valence-corrected chi connectivity index (χ4v) is 0. The van der Waals surface area contributed by atoms with Gasteiger partial charge in [0.25, 0.3) is 0 Å². The average Bonchev–Trinajstić information content (AvgIpc) is 1.61. The van der Waals surface area contributed by atoms with Crippen molar-refractivity contribution in [1.82, 2.24) is 0 Å². The van der Waals surface area contributed by atoms with Crippen LogP contribution < -0.4 is 0 Å². The molecule has 0 aromatic rings. The van der Waals surface area contributed by atoms with Gasteiger partial charge in [0.15, 0.2) is 0 Å². The van der Waals surface area contributed by atoms with Gasteiger partial charge in [0, 0.05) is 10.4 Å². The third-order valence-electron chi connectivity index (χ3n) is 0.0278. The Labute approximate surface area is 128 Å². The van der Waals surface area contributed by atoms with E-state index in [0.29, 0.717) is 0 Å². The van der Waals surface area contributed by atoms with E-state index in [2.05, 4.69) is 0 Å². The second kappa shape index (κ2) is 12.5. The van der Waals surface area contributed by atoms with Gasteiger partial charge in [-0.2, -0.15) is 0 Å². The van der Waals surface area contributed by atoms with Gasteiger partial charge in [0.1, 0.15) is 0 Å². The summed E-state index contributed by atoms with van der Waals surface area (Å²) in [4.78, 5) is 0. The van der Waals surface area contributed by atoms with Crippen molar-refractivity contribution < 1.29 is 54.6 Å². The van der Waals surface area contributed by atoms with E-state index in [9.17, 15) is 0 Å². The molecule has 10 heteroatoms. The van der Waals surface area contributed by atoms with Crippen molar-refractivity contribution >= 4 is 76.3 Å². The van der Waals surface area contributed by atoms with Crippen LogP contribution >= 0.6 is 17.0 Å². The predicted octanol–water partition coefficient (Wildman–Crippen LogP) is -0.427. The second-order valence-electron chi connectivity index (χ2n) is 0.544. The van der Waals surface area contributed by atoms with E-state index in [-0.39, 0.29) is 48.9 Å². The van der Waals surface area contributed by atoms with Crippen molar-refractivity contribution in [3.8, 4) is 0 Å². The van der Waals surface area contributed by atoms with Gasteiger partial charge in [-0.25, -0.2) is 0 Å². The molecule has 0 unspecified atom stereocenters. The molecule has 0 fully saturated rings. The van der Waals surface area contributed by atoms with Crippen LogP contribution in [0.4, 0.5) is 0 Å². The Morgan fingerprint density at radius 1 is 1.10 bits per heavy atom. The van der Waals surface area contributed by atoms with Gasteiger partial charge in [-0.1, -0.05) is 0 Å². The topological polar surface area (TPSA) is 80.3 Å². The molecule has 0 aliphatic rings. The van der Waals surface area contributed by atoms with Crippen molar-refractivity contribution in [1.29, 1.82) is 0 Å². The summed E-state index contributed by atoms with van der Waals surface area (Å²) < 4.78 is 34.1. The van der Waals surface area contributed by atoms with Crippen LogP contribution in [0.5, 0.6) is 0 Å². The molecule has 0 aliphatic heterocycles. The zero-order valence-corrected chi connectivity index (χ0v) is 15.3. The summed E-state index contributed by atoms with van der Waals surface area (Å²) in [5.41, 5.74) is 0. The molecule has 0 amide bonds. The Balaban J connectivity index is -0.0000000910. The molecule has 0 rings (SSSR count). The van der Waals surface area contributed by atoms with Gasteiger partial charge < -0.3 is 9.11 Å². The van der Waals surface area contributed by atoms with E-state index in [1.807, 2.05) is 37.1 Å². The predicted molar refractivity (Wildman–Crippen MR) is 31.4 cm³/mol. The maximum absolute atomic E-state index is 8.52. The van der Waals surface area contributed by atoms with Gasteiger partial charge in [0.05, 0.1) is 0 Å². The Morgan fingerprint density at radius 2 is 1.20 bits per heavy atom. The van der Waals surface area contributed by atoms with Crippen LogP contribution in [0.3, 0.4) is 0 Å². The van der Waals surface area contributed by atoms with Crippen molar-refractivity contribution in [2.24, 2.45) is 0 Å². The zero-order chi connectivity index (χ0) is 7.91. The van der Waals surface area contributed by atoms with Crippen molar-refractivity contribution in [2.45, 2.75) is 0 Å². The summed E-state index contributed by atoms with van der Waals surface area (Å²) in [6, 6.07) is 0. The summed E-state index contributed by atoms with van der Waals surface area (Å²) in [7, 11) is -1.59. The molecule has 0 N–H and O–H groups in total. The molecule has 10 heavy (non-hydrogen) atoms. The van der Waals surface area contributed by atoms with Crippen LogP contribution in [0, 0.1) is 0 Å². The first kappa shape index (κ1) is 19.1. The minimum absolute atomic E-state index is 0. The summed E-state index contributed by atoms with van der Waals surface area (Å²) in [6.45, 7) is 0. The Bertz CT molecular complexity index is 121. The molecule has 56 valence electrons. The second-order valence-corrected chi connectivity index (χ2v) is 8.47. The quantitative estimate of drug-likeness (QED) is 0.215. The van der Waals surface area contributed by atoms with Crippen LogP contribution in [-0.4, -0.2) is 66.4 Å². The fourth-order valence-electron chi connectivity index (χ4n) is 0. The molecule has 4 nitrogen and oxygen atoms in total. The molecular weight excluding hydrogens is 489 g/mol. The maximum atomic E-state index is 8.52. The van der Waals surface area contributed by atoms with Gasteiger partial charge in [-0.3, -0.25) is 8.42 Å². The Kier molecular flexibility index (Phi) is 24.0. The van der Waals surface area contributed by atoms with E-state index in [1.165, 1.54) is 0 Å². The van der Waals surface area contributed by atoms with E-state index >= 15 is 0 Å². The number of hydrogen-bond donors (Lipinski definition) is 0. The number of rotatable bonds is 1. The molecule has 0 aromatic carbocycles. The van der Waals surface area contributed by atoms with Crippen LogP contribution in [0.1, 0.15) is 0 Å².